The van der Waals surface area contributed by atoms with E-state index in [0.717, 1.165) is 5.56 Å². The zero-order valence-corrected chi connectivity index (χ0v) is 8.50. The molecule has 0 N–H and O–H groups in total. The van der Waals surface area contributed by atoms with Crippen LogP contribution in [0, 0.1) is 6.92 Å². The van der Waals surface area contributed by atoms with Crippen molar-refractivity contribution in [3.8, 4) is 0 Å². The molecule has 0 radical (unpaired) electrons. The van der Waals surface area contributed by atoms with Crippen LogP contribution in [-0.2, 0) is 27.2 Å². The average molecular weight is 227 g/mol. The standard InChI is InChI=1S/C7H7.3CO.Cr/c1-7-5-3-2-4-6-7;3*1-2;/h2-6H,1H2;;;;/q-1;;;;. The van der Waals surface area contributed by atoms with Crippen LogP contribution in [-0.4, -0.2) is 14.2 Å². The van der Waals surface area contributed by atoms with Gasteiger partial charge in [0.05, 0.1) is 0 Å². The Hall–Kier alpha value is -1.64. The molecule has 0 amide bonds. The Morgan fingerprint density at radius 2 is 1.36 bits per heavy atom. The first-order valence-corrected chi connectivity index (χ1v) is 5.40. The molecule has 0 aliphatic heterocycles. The second kappa shape index (κ2) is 7.98. The third kappa shape index (κ3) is 5.94. The second-order valence-electron chi connectivity index (χ2n) is 2.04. The van der Waals surface area contributed by atoms with E-state index in [1.807, 2.05) is 30.3 Å². The largest absolute Gasteiger partial charge is 0.199 e. The van der Waals surface area contributed by atoms with Gasteiger partial charge in [-0.25, -0.2) is 0 Å². The summed E-state index contributed by atoms with van der Waals surface area (Å²) in [5, 5.41) is 0. The smallest absolute Gasteiger partial charge is 0.0866 e. The van der Waals surface area contributed by atoms with E-state index >= 15 is 0 Å². The Morgan fingerprint density at radius 3 is 1.50 bits per heavy atom. The second-order valence-corrected chi connectivity index (χ2v) is 3.78. The molecule has 0 saturated heterocycles. The van der Waals surface area contributed by atoms with Gasteiger partial charge in [-0.1, -0.05) is 6.07 Å². The molecule has 1 rings (SSSR count). The number of carbonyl (C=O) groups excluding carboxylic acids is 3. The first kappa shape index (κ1) is 12.4. The van der Waals surface area contributed by atoms with E-state index in [-0.39, 0.29) is 0 Å². The van der Waals surface area contributed by atoms with Crippen molar-refractivity contribution in [3.05, 3.63) is 42.8 Å². The maximum atomic E-state index is 9.37. The van der Waals surface area contributed by atoms with Gasteiger partial charge in [0.2, 0.25) is 0 Å². The zero-order valence-electron chi connectivity index (χ0n) is 7.23. The number of rotatable bonds is 0. The van der Waals surface area contributed by atoms with Gasteiger partial charge >= 0.3 is 41.5 Å². The van der Waals surface area contributed by atoms with Crippen LogP contribution in [0.25, 0.3) is 0 Å². The normalized spacial score (nSPS) is 6.86. The van der Waals surface area contributed by atoms with Crippen LogP contribution >= 0.6 is 0 Å². The molecule has 14 heavy (non-hydrogen) atoms. The van der Waals surface area contributed by atoms with Crippen molar-refractivity contribution < 1.29 is 27.2 Å². The van der Waals surface area contributed by atoms with Crippen molar-refractivity contribution in [2.24, 2.45) is 0 Å². The van der Waals surface area contributed by atoms with Gasteiger partial charge in [-0.2, -0.15) is 24.6 Å². The van der Waals surface area contributed by atoms with E-state index in [4.69, 9.17) is 0 Å². The Morgan fingerprint density at radius 1 is 0.929 bits per heavy atom. The topological polar surface area (TPSA) is 51.2 Å². The fraction of sp³-hybridized carbons (Fsp3) is 0. The van der Waals surface area contributed by atoms with Crippen molar-refractivity contribution in [1.29, 1.82) is 0 Å². The summed E-state index contributed by atoms with van der Waals surface area (Å²) < 4.78 is 3.69. The molecule has 0 spiro atoms. The van der Waals surface area contributed by atoms with Crippen LogP contribution < -0.4 is 0 Å². The van der Waals surface area contributed by atoms with Crippen LogP contribution in [0.1, 0.15) is 5.56 Å². The molecule has 0 aliphatic rings. The van der Waals surface area contributed by atoms with Crippen LogP contribution in [0.2, 0.25) is 0 Å². The molecule has 3 nitrogen and oxygen atoms in total. The number of benzene rings is 1. The van der Waals surface area contributed by atoms with E-state index < -0.39 is 12.8 Å². The summed E-state index contributed by atoms with van der Waals surface area (Å²) >= 11 is -2.47. The Kier molecular flexibility index (Phi) is 7.05. The Bertz CT molecular complexity index is 438. The maximum absolute atomic E-state index is 9.37. The van der Waals surface area contributed by atoms with Gasteiger partial charge in [0.1, 0.15) is 0 Å². The van der Waals surface area contributed by atoms with Crippen LogP contribution in [0.5, 0.6) is 0 Å². The quantitative estimate of drug-likeness (QED) is 0.612. The predicted octanol–water partition coefficient (Wildman–Crippen LogP) is 0.675. The Balaban J connectivity index is 0.000000241. The number of hydrogen-bond donors (Lipinski definition) is 0. The van der Waals surface area contributed by atoms with Crippen molar-refractivity contribution in [3.63, 3.8) is 0 Å². The minimum atomic E-state index is -2.47. The maximum Gasteiger partial charge on any atom is -0.0866 e. The molecule has 0 heterocycles. The van der Waals surface area contributed by atoms with E-state index in [9.17, 15) is 14.4 Å². The van der Waals surface area contributed by atoms with E-state index in [2.05, 4.69) is 6.92 Å². The summed E-state index contributed by atoms with van der Waals surface area (Å²) in [6, 6.07) is 9.87. The molecule has 72 valence electrons. The predicted molar refractivity (Wildman–Crippen MR) is 48.0 cm³/mol. The molecule has 0 unspecified atom stereocenters. The zero-order chi connectivity index (χ0) is 10.8. The molecule has 0 bridgehead atoms. The molecule has 0 atom stereocenters. The summed E-state index contributed by atoms with van der Waals surface area (Å²) in [5.74, 6) is 0. The van der Waals surface area contributed by atoms with Crippen LogP contribution in [0.4, 0.5) is 0 Å². The van der Waals surface area contributed by atoms with Crippen LogP contribution in [0.3, 0.4) is 0 Å². The minimum Gasteiger partial charge on any atom is -0.199 e. The molecular formula is C10H7CrO3-. The first-order valence-electron chi connectivity index (χ1n) is 3.49. The molecular weight excluding hydrogens is 220 g/mol. The van der Waals surface area contributed by atoms with Gasteiger partial charge in [0.15, 0.2) is 0 Å². The SMILES string of the molecule is O=[C]=[Cr](=[C]=O)=[C]=O.[CH2-]c1ccccc1. The third-order valence-electron chi connectivity index (χ3n) is 1.09. The van der Waals surface area contributed by atoms with Gasteiger partial charge in [0.25, 0.3) is 0 Å². The summed E-state index contributed by atoms with van der Waals surface area (Å²) in [6.45, 7) is 3.72. The van der Waals surface area contributed by atoms with Gasteiger partial charge in [-0.05, 0) is 0 Å². The third-order valence-corrected chi connectivity index (χ3v) is 1.87. The molecule has 0 aromatic heterocycles. The van der Waals surface area contributed by atoms with E-state index in [1.165, 1.54) is 14.2 Å². The van der Waals surface area contributed by atoms with Gasteiger partial charge in [0, 0.05) is 0 Å². The van der Waals surface area contributed by atoms with Crippen molar-refractivity contribution >= 4 is 14.2 Å². The summed E-state index contributed by atoms with van der Waals surface area (Å²) in [6.07, 6.45) is 0. The number of hydrogen-bond acceptors (Lipinski definition) is 3. The van der Waals surface area contributed by atoms with Crippen molar-refractivity contribution in [2.45, 2.75) is 0 Å². The average Bonchev–Trinajstić information content (AvgIpc) is 2.22. The molecule has 1 aromatic rings. The summed E-state index contributed by atoms with van der Waals surface area (Å²) in [5.41, 5.74) is 1.07. The molecule has 0 aliphatic carbocycles. The molecule has 4 heteroatoms. The van der Waals surface area contributed by atoms with E-state index in [0.29, 0.717) is 0 Å². The Labute approximate surface area is 84.6 Å². The fourth-order valence-corrected chi connectivity index (χ4v) is 0.688. The summed E-state index contributed by atoms with van der Waals surface area (Å²) in [7, 11) is 0. The summed E-state index contributed by atoms with van der Waals surface area (Å²) in [4.78, 5) is 28.1. The van der Waals surface area contributed by atoms with Gasteiger partial charge in [-0.15, -0.1) is 12.1 Å². The fourth-order valence-electron chi connectivity index (χ4n) is 0.529. The van der Waals surface area contributed by atoms with Crippen LogP contribution in [0.15, 0.2) is 30.3 Å². The monoisotopic (exact) mass is 227 g/mol. The van der Waals surface area contributed by atoms with Crippen molar-refractivity contribution in [2.75, 3.05) is 0 Å². The van der Waals surface area contributed by atoms with Gasteiger partial charge in [-0.3, -0.25) is 0 Å². The van der Waals surface area contributed by atoms with E-state index in [1.54, 1.807) is 0 Å². The molecule has 0 fully saturated rings. The molecule has 0 saturated carbocycles. The van der Waals surface area contributed by atoms with Crippen molar-refractivity contribution in [1.82, 2.24) is 0 Å². The minimum absolute atomic E-state index is 1.07. The first-order chi connectivity index (χ1) is 6.74. The van der Waals surface area contributed by atoms with Gasteiger partial charge < -0.3 is 0 Å². The molecule has 1 aromatic carbocycles.